The SMILES string of the molecule is CC(NC(=O)Nc1ccc(Cl)c(Cl)c1)c1nnc2ccccn12. The maximum Gasteiger partial charge on any atom is 0.319 e. The number of fused-ring (bicyclic) bond motifs is 1. The van der Waals surface area contributed by atoms with Crippen LogP contribution in [0.1, 0.15) is 18.8 Å². The quantitative estimate of drug-likeness (QED) is 0.752. The first kappa shape index (κ1) is 15.6. The summed E-state index contributed by atoms with van der Waals surface area (Å²) in [5.74, 6) is 0.643. The third kappa shape index (κ3) is 3.38. The summed E-state index contributed by atoms with van der Waals surface area (Å²) in [6.45, 7) is 1.83. The molecular formula is C15H13Cl2N5O. The van der Waals surface area contributed by atoms with E-state index in [9.17, 15) is 4.79 Å². The number of carbonyl (C=O) groups excluding carboxylic acids is 1. The number of amides is 2. The first-order valence-corrected chi connectivity index (χ1v) is 7.62. The van der Waals surface area contributed by atoms with Gasteiger partial charge in [0.25, 0.3) is 0 Å². The molecular weight excluding hydrogens is 337 g/mol. The van der Waals surface area contributed by atoms with E-state index in [0.29, 0.717) is 21.6 Å². The van der Waals surface area contributed by atoms with Crippen LogP contribution in [0.5, 0.6) is 0 Å². The van der Waals surface area contributed by atoms with Gasteiger partial charge >= 0.3 is 6.03 Å². The summed E-state index contributed by atoms with van der Waals surface area (Å²) in [6, 6.07) is 9.78. The predicted molar refractivity (Wildman–Crippen MR) is 90.0 cm³/mol. The van der Waals surface area contributed by atoms with E-state index in [2.05, 4.69) is 20.8 Å². The van der Waals surface area contributed by atoms with Crippen molar-refractivity contribution in [1.29, 1.82) is 0 Å². The van der Waals surface area contributed by atoms with Crippen LogP contribution in [-0.4, -0.2) is 20.6 Å². The van der Waals surface area contributed by atoms with Crippen LogP contribution in [0, 0.1) is 0 Å². The summed E-state index contributed by atoms with van der Waals surface area (Å²) in [5, 5.41) is 14.5. The van der Waals surface area contributed by atoms with Crippen molar-refractivity contribution in [3.63, 3.8) is 0 Å². The van der Waals surface area contributed by atoms with Gasteiger partial charge in [0.1, 0.15) is 0 Å². The van der Waals surface area contributed by atoms with E-state index in [4.69, 9.17) is 23.2 Å². The van der Waals surface area contributed by atoms with E-state index < -0.39 is 0 Å². The van der Waals surface area contributed by atoms with E-state index in [0.717, 1.165) is 5.65 Å². The van der Waals surface area contributed by atoms with Crippen molar-refractivity contribution in [1.82, 2.24) is 19.9 Å². The Morgan fingerprint density at radius 2 is 2.00 bits per heavy atom. The highest BCUT2D eigenvalue weighted by atomic mass is 35.5. The summed E-state index contributed by atoms with van der Waals surface area (Å²) in [7, 11) is 0. The summed E-state index contributed by atoms with van der Waals surface area (Å²) < 4.78 is 1.82. The number of carbonyl (C=O) groups is 1. The lowest BCUT2D eigenvalue weighted by Crippen LogP contribution is -2.32. The maximum absolute atomic E-state index is 12.1. The number of anilines is 1. The first-order valence-electron chi connectivity index (χ1n) is 6.87. The second-order valence-electron chi connectivity index (χ2n) is 4.94. The molecule has 0 saturated heterocycles. The number of hydrogen-bond donors (Lipinski definition) is 2. The lowest BCUT2D eigenvalue weighted by Gasteiger charge is -2.13. The van der Waals surface area contributed by atoms with Crippen molar-refractivity contribution < 1.29 is 4.79 Å². The topological polar surface area (TPSA) is 71.3 Å². The second-order valence-corrected chi connectivity index (χ2v) is 5.75. The molecule has 2 aromatic heterocycles. The zero-order chi connectivity index (χ0) is 16.4. The van der Waals surface area contributed by atoms with Crippen molar-refractivity contribution in [2.24, 2.45) is 0 Å². The number of halogens is 2. The normalized spacial score (nSPS) is 12.1. The van der Waals surface area contributed by atoms with Gasteiger partial charge in [-0.3, -0.25) is 4.40 Å². The molecule has 6 nitrogen and oxygen atoms in total. The van der Waals surface area contributed by atoms with E-state index in [1.165, 1.54) is 0 Å². The van der Waals surface area contributed by atoms with Crippen LogP contribution in [0.25, 0.3) is 5.65 Å². The average Bonchev–Trinajstić information content (AvgIpc) is 2.95. The van der Waals surface area contributed by atoms with Crippen LogP contribution in [0.4, 0.5) is 10.5 Å². The largest absolute Gasteiger partial charge is 0.328 e. The van der Waals surface area contributed by atoms with Gasteiger partial charge in [0.15, 0.2) is 11.5 Å². The number of nitrogens with zero attached hydrogens (tertiary/aromatic N) is 3. The van der Waals surface area contributed by atoms with Gasteiger partial charge in [-0.15, -0.1) is 10.2 Å². The van der Waals surface area contributed by atoms with Gasteiger partial charge in [0.05, 0.1) is 16.1 Å². The van der Waals surface area contributed by atoms with Crippen molar-refractivity contribution in [3.05, 3.63) is 58.5 Å². The third-order valence-corrected chi connectivity index (χ3v) is 3.99. The van der Waals surface area contributed by atoms with Gasteiger partial charge in [0, 0.05) is 11.9 Å². The van der Waals surface area contributed by atoms with E-state index >= 15 is 0 Å². The molecule has 1 unspecified atom stereocenters. The van der Waals surface area contributed by atoms with Crippen molar-refractivity contribution >= 4 is 40.6 Å². The van der Waals surface area contributed by atoms with Crippen LogP contribution in [0.3, 0.4) is 0 Å². The van der Waals surface area contributed by atoms with Crippen LogP contribution >= 0.6 is 23.2 Å². The molecule has 2 heterocycles. The van der Waals surface area contributed by atoms with Gasteiger partial charge in [-0.1, -0.05) is 29.3 Å². The summed E-state index contributed by atoms with van der Waals surface area (Å²) in [5.41, 5.74) is 1.27. The average molecular weight is 350 g/mol. The van der Waals surface area contributed by atoms with Crippen LogP contribution < -0.4 is 10.6 Å². The minimum Gasteiger partial charge on any atom is -0.328 e. The lowest BCUT2D eigenvalue weighted by molar-refractivity contribution is 0.249. The molecule has 8 heteroatoms. The molecule has 0 spiro atoms. The van der Waals surface area contributed by atoms with Crippen LogP contribution in [0.2, 0.25) is 10.0 Å². The highest BCUT2D eigenvalue weighted by Gasteiger charge is 2.15. The Kier molecular flexibility index (Phi) is 4.36. The van der Waals surface area contributed by atoms with E-state index in [1.54, 1.807) is 18.2 Å². The Morgan fingerprint density at radius 3 is 2.78 bits per heavy atom. The number of benzene rings is 1. The number of rotatable bonds is 3. The monoisotopic (exact) mass is 349 g/mol. The maximum atomic E-state index is 12.1. The molecule has 0 aliphatic rings. The Balaban J connectivity index is 1.70. The zero-order valence-corrected chi connectivity index (χ0v) is 13.6. The molecule has 3 aromatic rings. The molecule has 3 rings (SSSR count). The number of hydrogen-bond acceptors (Lipinski definition) is 3. The fraction of sp³-hybridized carbons (Fsp3) is 0.133. The summed E-state index contributed by atoms with van der Waals surface area (Å²) in [6.07, 6.45) is 1.85. The molecule has 118 valence electrons. The predicted octanol–water partition coefficient (Wildman–Crippen LogP) is 3.92. The Bertz CT molecular complexity index is 864. The molecule has 0 saturated carbocycles. The van der Waals surface area contributed by atoms with Crippen LogP contribution in [0.15, 0.2) is 42.6 Å². The molecule has 1 aromatic carbocycles. The molecule has 0 fully saturated rings. The van der Waals surface area contributed by atoms with Crippen molar-refractivity contribution in [2.45, 2.75) is 13.0 Å². The summed E-state index contributed by atoms with van der Waals surface area (Å²) in [4.78, 5) is 12.1. The zero-order valence-electron chi connectivity index (χ0n) is 12.1. The minimum atomic E-state index is -0.372. The number of nitrogens with one attached hydrogen (secondary N) is 2. The van der Waals surface area contributed by atoms with Gasteiger partial charge in [0.2, 0.25) is 0 Å². The molecule has 23 heavy (non-hydrogen) atoms. The van der Waals surface area contributed by atoms with Gasteiger partial charge < -0.3 is 10.6 Å². The van der Waals surface area contributed by atoms with Gasteiger partial charge in [-0.05, 0) is 37.3 Å². The van der Waals surface area contributed by atoms with Crippen LogP contribution in [-0.2, 0) is 0 Å². The molecule has 1 atom stereocenters. The molecule has 2 amide bonds. The molecule has 2 N–H and O–H groups in total. The number of aromatic nitrogens is 3. The van der Waals surface area contributed by atoms with E-state index in [1.807, 2.05) is 35.7 Å². The molecule has 0 radical (unpaired) electrons. The third-order valence-electron chi connectivity index (χ3n) is 3.25. The minimum absolute atomic E-state index is 0.324. The smallest absolute Gasteiger partial charge is 0.319 e. The molecule has 0 aliphatic carbocycles. The number of pyridine rings is 1. The molecule has 0 bridgehead atoms. The van der Waals surface area contributed by atoms with Gasteiger partial charge in [-0.2, -0.15) is 0 Å². The van der Waals surface area contributed by atoms with Gasteiger partial charge in [-0.25, -0.2) is 4.79 Å². The van der Waals surface area contributed by atoms with E-state index in [-0.39, 0.29) is 12.1 Å². The second kappa shape index (κ2) is 6.44. The first-order chi connectivity index (χ1) is 11.0. The lowest BCUT2D eigenvalue weighted by atomic mass is 10.3. The van der Waals surface area contributed by atoms with Crippen molar-refractivity contribution in [2.75, 3.05) is 5.32 Å². The summed E-state index contributed by atoms with van der Waals surface area (Å²) >= 11 is 11.8. The highest BCUT2D eigenvalue weighted by Crippen LogP contribution is 2.25. The Morgan fingerprint density at radius 1 is 1.17 bits per heavy atom. The fourth-order valence-corrected chi connectivity index (χ4v) is 2.46. The number of urea groups is 1. The highest BCUT2D eigenvalue weighted by molar-refractivity contribution is 6.42. The van der Waals surface area contributed by atoms with Crippen molar-refractivity contribution in [3.8, 4) is 0 Å². The standard InChI is InChI=1S/C15H13Cl2N5O/c1-9(14-21-20-13-4-2-3-7-22(13)14)18-15(23)19-10-5-6-11(16)12(17)8-10/h2-9H,1H3,(H2,18,19,23). The fourth-order valence-electron chi connectivity index (χ4n) is 2.16. The Hall–Kier alpha value is -2.31. The Labute approximate surface area is 142 Å². The molecule has 0 aliphatic heterocycles.